The molecule has 0 bridgehead atoms. The largest absolute Gasteiger partial charge is 0.480 e. The van der Waals surface area contributed by atoms with Gasteiger partial charge in [0, 0.05) is 18.3 Å². The van der Waals surface area contributed by atoms with Crippen LogP contribution in [-0.2, 0) is 30.4 Å². The number of amides is 4. The van der Waals surface area contributed by atoms with E-state index in [-0.39, 0.29) is 12.8 Å². The maximum absolute atomic E-state index is 12.8. The van der Waals surface area contributed by atoms with Gasteiger partial charge in [0.05, 0.1) is 18.8 Å². The number of nitrogens with two attached hydrogens (primary N) is 2. The maximum atomic E-state index is 12.8. The van der Waals surface area contributed by atoms with E-state index in [0.29, 0.717) is 11.4 Å². The molecule has 1 heterocycles. The Hall–Kier alpha value is -3.13. The minimum absolute atomic E-state index is 0.0447. The second kappa shape index (κ2) is 13.3. The van der Waals surface area contributed by atoms with Crippen LogP contribution in [-0.4, -0.2) is 80.8 Å². The first-order valence-electron chi connectivity index (χ1n) is 9.69. The topological polar surface area (TPSA) is 222 Å². The molecule has 1 aromatic heterocycles. The van der Waals surface area contributed by atoms with Crippen molar-refractivity contribution in [2.24, 2.45) is 11.5 Å². The van der Waals surface area contributed by atoms with Crippen molar-refractivity contribution in [3.63, 3.8) is 0 Å². The van der Waals surface area contributed by atoms with Crippen molar-refractivity contribution in [3.8, 4) is 0 Å². The summed E-state index contributed by atoms with van der Waals surface area (Å²) < 4.78 is 0. The van der Waals surface area contributed by atoms with Gasteiger partial charge < -0.3 is 37.5 Å². The van der Waals surface area contributed by atoms with E-state index in [4.69, 9.17) is 11.5 Å². The Morgan fingerprint density at radius 2 is 1.69 bits per heavy atom. The number of hydrogen-bond acceptors (Lipinski definition) is 8. The van der Waals surface area contributed by atoms with E-state index < -0.39 is 60.2 Å². The van der Waals surface area contributed by atoms with Gasteiger partial charge in [-0.15, -0.1) is 0 Å². The summed E-state index contributed by atoms with van der Waals surface area (Å²) in [7, 11) is 0. The second-order valence-corrected chi connectivity index (χ2v) is 8.03. The zero-order valence-electron chi connectivity index (χ0n) is 17.8. The van der Waals surface area contributed by atoms with Crippen LogP contribution in [0.2, 0.25) is 0 Å². The average Bonchev–Trinajstić information content (AvgIpc) is 3.22. The quantitative estimate of drug-likeness (QED) is 0.152. The second-order valence-electron chi connectivity index (χ2n) is 7.04. The summed E-state index contributed by atoms with van der Waals surface area (Å²) in [5, 5.41) is 16.5. The molecule has 4 unspecified atom stereocenters. The molecule has 32 heavy (non-hydrogen) atoms. The van der Waals surface area contributed by atoms with Crippen LogP contribution in [0.5, 0.6) is 0 Å². The standard InChI is InChI=1S/C18H29N7O6S/c1-9(19)15(27)24-13(6-14(20)26)17(29)25-12(5-10-7-21-8-22-10)16(28)23-11(18(30)31)3-4-32-2/h7-9,11-13H,3-6,19H2,1-2H3,(H2,20,26)(H,21,22)(H,23,28)(H,24,27)(H,25,29)(H,30,31). The lowest BCUT2D eigenvalue weighted by Gasteiger charge is -2.24. The SMILES string of the molecule is CSCCC(NC(=O)C(Cc1cnc[nH]1)NC(=O)C(CC(N)=O)NC(=O)C(C)N)C(=O)O. The normalized spacial score (nSPS) is 14.5. The fourth-order valence-electron chi connectivity index (χ4n) is 2.58. The van der Waals surface area contributed by atoms with Crippen LogP contribution < -0.4 is 27.4 Å². The Morgan fingerprint density at radius 1 is 1.09 bits per heavy atom. The van der Waals surface area contributed by atoms with Crippen LogP contribution in [0.25, 0.3) is 0 Å². The number of carboxylic acid groups (broad SMARTS) is 1. The Bertz CT molecular complexity index is 802. The van der Waals surface area contributed by atoms with Crippen molar-refractivity contribution in [2.45, 2.75) is 50.4 Å². The molecule has 0 aliphatic rings. The number of rotatable bonds is 14. The van der Waals surface area contributed by atoms with Crippen molar-refractivity contribution >= 4 is 41.4 Å². The lowest BCUT2D eigenvalue weighted by atomic mass is 10.1. The van der Waals surface area contributed by atoms with Gasteiger partial charge >= 0.3 is 5.97 Å². The van der Waals surface area contributed by atoms with Gasteiger partial charge in [0.1, 0.15) is 18.1 Å². The highest BCUT2D eigenvalue weighted by molar-refractivity contribution is 7.98. The van der Waals surface area contributed by atoms with E-state index in [1.165, 1.54) is 31.2 Å². The zero-order chi connectivity index (χ0) is 24.3. The van der Waals surface area contributed by atoms with Gasteiger partial charge in [0.25, 0.3) is 0 Å². The van der Waals surface area contributed by atoms with E-state index in [1.807, 2.05) is 0 Å². The van der Waals surface area contributed by atoms with Crippen LogP contribution in [0, 0.1) is 0 Å². The first kappa shape index (κ1) is 26.9. The van der Waals surface area contributed by atoms with E-state index in [9.17, 15) is 29.1 Å². The molecule has 0 fully saturated rings. The predicted octanol–water partition coefficient (Wildman–Crippen LogP) is -2.53. The monoisotopic (exact) mass is 471 g/mol. The molecular formula is C18H29N7O6S. The van der Waals surface area contributed by atoms with Crippen LogP contribution in [0.1, 0.15) is 25.5 Å². The summed E-state index contributed by atoms with van der Waals surface area (Å²) in [4.78, 5) is 67.0. The summed E-state index contributed by atoms with van der Waals surface area (Å²) in [5.74, 6) is -3.86. The number of imidazole rings is 1. The molecule has 1 aromatic rings. The number of carbonyl (C=O) groups is 5. The Morgan fingerprint density at radius 3 is 2.19 bits per heavy atom. The molecule has 14 heteroatoms. The summed E-state index contributed by atoms with van der Waals surface area (Å²) in [6.45, 7) is 1.39. The number of hydrogen-bond donors (Lipinski definition) is 7. The Kier molecular flexibility index (Phi) is 11.2. The molecule has 1 rings (SSSR count). The van der Waals surface area contributed by atoms with Crippen molar-refractivity contribution in [2.75, 3.05) is 12.0 Å². The number of carboxylic acids is 1. The maximum Gasteiger partial charge on any atom is 0.326 e. The van der Waals surface area contributed by atoms with E-state index in [0.717, 1.165) is 0 Å². The molecule has 9 N–H and O–H groups in total. The van der Waals surface area contributed by atoms with Crippen molar-refractivity contribution in [3.05, 3.63) is 18.2 Å². The van der Waals surface area contributed by atoms with Gasteiger partial charge in [-0.05, 0) is 25.4 Å². The third kappa shape index (κ3) is 9.34. The van der Waals surface area contributed by atoms with Gasteiger partial charge in [-0.3, -0.25) is 19.2 Å². The number of thioether (sulfide) groups is 1. The molecule has 4 amide bonds. The highest BCUT2D eigenvalue weighted by Gasteiger charge is 2.31. The zero-order valence-corrected chi connectivity index (χ0v) is 18.6. The third-order valence-electron chi connectivity index (χ3n) is 4.29. The molecule has 0 saturated carbocycles. The molecule has 0 saturated heterocycles. The van der Waals surface area contributed by atoms with Crippen LogP contribution in [0.3, 0.4) is 0 Å². The molecule has 0 spiro atoms. The molecule has 13 nitrogen and oxygen atoms in total. The highest BCUT2D eigenvalue weighted by atomic mass is 32.2. The predicted molar refractivity (Wildman–Crippen MR) is 116 cm³/mol. The smallest absolute Gasteiger partial charge is 0.326 e. The van der Waals surface area contributed by atoms with Crippen molar-refractivity contribution in [1.82, 2.24) is 25.9 Å². The number of aliphatic carboxylic acids is 1. The Labute approximate surface area is 188 Å². The number of aromatic amines is 1. The molecule has 0 radical (unpaired) electrons. The highest BCUT2D eigenvalue weighted by Crippen LogP contribution is 2.05. The lowest BCUT2D eigenvalue weighted by molar-refractivity contribution is -0.142. The summed E-state index contributed by atoms with van der Waals surface area (Å²) >= 11 is 1.42. The molecular weight excluding hydrogens is 442 g/mol. The fourth-order valence-corrected chi connectivity index (χ4v) is 3.05. The number of H-pyrrole nitrogens is 1. The third-order valence-corrected chi connectivity index (χ3v) is 4.93. The van der Waals surface area contributed by atoms with Crippen LogP contribution in [0.15, 0.2) is 12.5 Å². The number of carbonyl (C=O) groups excluding carboxylic acids is 4. The first-order chi connectivity index (χ1) is 15.0. The van der Waals surface area contributed by atoms with Gasteiger partial charge in [-0.1, -0.05) is 0 Å². The van der Waals surface area contributed by atoms with Crippen molar-refractivity contribution in [1.29, 1.82) is 0 Å². The fraction of sp³-hybridized carbons (Fsp3) is 0.556. The van der Waals surface area contributed by atoms with Gasteiger partial charge in [-0.2, -0.15) is 11.8 Å². The molecule has 0 aromatic carbocycles. The minimum Gasteiger partial charge on any atom is -0.480 e. The van der Waals surface area contributed by atoms with Crippen LogP contribution in [0.4, 0.5) is 0 Å². The van der Waals surface area contributed by atoms with E-state index >= 15 is 0 Å². The van der Waals surface area contributed by atoms with Crippen LogP contribution >= 0.6 is 11.8 Å². The van der Waals surface area contributed by atoms with Crippen molar-refractivity contribution < 1.29 is 29.1 Å². The number of primary amides is 1. The molecule has 0 aliphatic heterocycles. The first-order valence-corrected chi connectivity index (χ1v) is 11.1. The summed E-state index contributed by atoms with van der Waals surface area (Å²) in [6.07, 6.45) is 4.24. The summed E-state index contributed by atoms with van der Waals surface area (Å²) in [5.41, 5.74) is 11.1. The van der Waals surface area contributed by atoms with Gasteiger partial charge in [-0.25, -0.2) is 9.78 Å². The Balaban J connectivity index is 3.03. The van der Waals surface area contributed by atoms with E-state index in [1.54, 1.807) is 6.26 Å². The molecule has 178 valence electrons. The van der Waals surface area contributed by atoms with Gasteiger partial charge in [0.2, 0.25) is 23.6 Å². The minimum atomic E-state index is -1.37. The number of nitrogens with zero attached hydrogens (tertiary/aromatic N) is 1. The number of nitrogens with one attached hydrogen (secondary N) is 4. The van der Waals surface area contributed by atoms with Gasteiger partial charge in [0.15, 0.2) is 0 Å². The number of aromatic nitrogens is 2. The summed E-state index contributed by atoms with van der Waals surface area (Å²) in [6, 6.07) is -4.69. The van der Waals surface area contributed by atoms with E-state index in [2.05, 4.69) is 25.9 Å². The lowest BCUT2D eigenvalue weighted by Crippen LogP contribution is -2.58. The molecule has 4 atom stereocenters. The molecule has 0 aliphatic carbocycles. The average molecular weight is 472 g/mol.